The molecule has 1 saturated heterocycles. The smallest absolute Gasteiger partial charge is 0.422 e. The van der Waals surface area contributed by atoms with Crippen LogP contribution in [0.1, 0.15) is 12.8 Å². The monoisotopic (exact) mass is 306 g/mol. The summed E-state index contributed by atoms with van der Waals surface area (Å²) in [6.07, 6.45) is -3.44. The molecule has 1 aromatic carbocycles. The molecule has 4 nitrogen and oxygen atoms in total. The molecule has 0 radical (unpaired) electrons. The van der Waals surface area contributed by atoms with Gasteiger partial charge in [0, 0.05) is 32.1 Å². The normalized spacial score (nSPS) is 18.3. The second-order valence-corrected chi connectivity index (χ2v) is 5.00. The van der Waals surface area contributed by atoms with Crippen molar-refractivity contribution in [1.29, 1.82) is 0 Å². The molecule has 0 spiro atoms. The second-order valence-electron chi connectivity index (χ2n) is 5.00. The molecule has 0 atom stereocenters. The van der Waals surface area contributed by atoms with E-state index in [4.69, 9.17) is 9.47 Å². The number of aliphatic hydroxyl groups is 1. The summed E-state index contributed by atoms with van der Waals surface area (Å²) in [4.78, 5) is 0. The highest BCUT2D eigenvalue weighted by molar-refractivity contribution is 5.33. The molecule has 1 fully saturated rings. The molecule has 0 amide bonds. The summed E-state index contributed by atoms with van der Waals surface area (Å²) in [6, 6.07) is 5.92. The van der Waals surface area contributed by atoms with Gasteiger partial charge in [0.25, 0.3) is 0 Å². The summed E-state index contributed by atoms with van der Waals surface area (Å²) >= 11 is 0. The highest BCUT2D eigenvalue weighted by Crippen LogP contribution is 2.25. The summed E-state index contributed by atoms with van der Waals surface area (Å²) in [5.41, 5.74) is -0.957. The van der Waals surface area contributed by atoms with Crippen LogP contribution in [0, 0.1) is 0 Å². The minimum Gasteiger partial charge on any atom is -0.490 e. The predicted octanol–water partition coefficient (Wildman–Crippen LogP) is 2.55. The van der Waals surface area contributed by atoms with E-state index in [1.807, 2.05) is 0 Å². The van der Waals surface area contributed by atoms with E-state index in [0.717, 1.165) is 0 Å². The van der Waals surface area contributed by atoms with Gasteiger partial charge < -0.3 is 19.3 Å². The molecule has 1 heterocycles. The van der Waals surface area contributed by atoms with E-state index in [1.165, 1.54) is 18.2 Å². The lowest BCUT2D eigenvalue weighted by molar-refractivity contribution is -0.153. The van der Waals surface area contributed by atoms with Gasteiger partial charge in [-0.05, 0) is 12.1 Å². The number of rotatable bonds is 5. The van der Waals surface area contributed by atoms with E-state index in [-0.39, 0.29) is 12.4 Å². The first-order valence-corrected chi connectivity index (χ1v) is 6.59. The van der Waals surface area contributed by atoms with Crippen LogP contribution < -0.4 is 9.47 Å². The first kappa shape index (κ1) is 15.9. The third-order valence-electron chi connectivity index (χ3n) is 3.14. The van der Waals surface area contributed by atoms with Gasteiger partial charge in [-0.2, -0.15) is 13.2 Å². The van der Waals surface area contributed by atoms with Crippen molar-refractivity contribution in [3.63, 3.8) is 0 Å². The highest BCUT2D eigenvalue weighted by Gasteiger charge is 2.31. The van der Waals surface area contributed by atoms with E-state index in [1.54, 1.807) is 6.07 Å². The molecular formula is C14H17F3O4. The molecule has 1 aromatic rings. The summed E-state index contributed by atoms with van der Waals surface area (Å²) in [5.74, 6) is 0.429. The Kier molecular flexibility index (Phi) is 4.95. The zero-order valence-electron chi connectivity index (χ0n) is 11.4. The van der Waals surface area contributed by atoms with Crippen LogP contribution in [-0.4, -0.2) is 43.3 Å². The van der Waals surface area contributed by atoms with Crippen molar-refractivity contribution in [3.05, 3.63) is 24.3 Å². The lowest BCUT2D eigenvalue weighted by Gasteiger charge is -2.31. The predicted molar refractivity (Wildman–Crippen MR) is 68.5 cm³/mol. The van der Waals surface area contributed by atoms with Gasteiger partial charge in [0.05, 0.1) is 0 Å². The van der Waals surface area contributed by atoms with Gasteiger partial charge in [0.15, 0.2) is 6.61 Å². The van der Waals surface area contributed by atoms with Crippen molar-refractivity contribution in [2.75, 3.05) is 26.4 Å². The summed E-state index contributed by atoms with van der Waals surface area (Å²) in [6.45, 7) is -0.347. The Labute approximate surface area is 120 Å². The molecule has 1 aliphatic heterocycles. The highest BCUT2D eigenvalue weighted by atomic mass is 19.4. The van der Waals surface area contributed by atoms with Crippen molar-refractivity contribution >= 4 is 0 Å². The van der Waals surface area contributed by atoms with Gasteiger partial charge in [0.1, 0.15) is 23.7 Å². The largest absolute Gasteiger partial charge is 0.490 e. The van der Waals surface area contributed by atoms with Crippen molar-refractivity contribution in [3.8, 4) is 11.5 Å². The van der Waals surface area contributed by atoms with Gasteiger partial charge in [-0.3, -0.25) is 0 Å². The van der Waals surface area contributed by atoms with Crippen molar-refractivity contribution in [2.24, 2.45) is 0 Å². The lowest BCUT2D eigenvalue weighted by atomic mass is 9.96. The topological polar surface area (TPSA) is 47.9 Å². The molecule has 2 rings (SSSR count). The number of halogens is 3. The first-order chi connectivity index (χ1) is 9.86. The van der Waals surface area contributed by atoms with Crippen LogP contribution in [0.5, 0.6) is 11.5 Å². The zero-order valence-corrected chi connectivity index (χ0v) is 11.4. The third-order valence-corrected chi connectivity index (χ3v) is 3.14. The lowest BCUT2D eigenvalue weighted by Crippen LogP contribution is -2.41. The average molecular weight is 306 g/mol. The third kappa shape index (κ3) is 5.43. The van der Waals surface area contributed by atoms with Crippen LogP contribution in [0.4, 0.5) is 13.2 Å². The Balaban J connectivity index is 1.88. The molecule has 7 heteroatoms. The molecule has 1 N–H and O–H groups in total. The Morgan fingerprint density at radius 3 is 2.38 bits per heavy atom. The summed E-state index contributed by atoms with van der Waals surface area (Å²) in [7, 11) is 0. The molecule has 0 aliphatic carbocycles. The fourth-order valence-corrected chi connectivity index (χ4v) is 1.93. The van der Waals surface area contributed by atoms with E-state index < -0.39 is 18.4 Å². The molecular weight excluding hydrogens is 289 g/mol. The average Bonchev–Trinajstić information content (AvgIpc) is 2.44. The summed E-state index contributed by atoms with van der Waals surface area (Å²) in [5, 5.41) is 10.2. The first-order valence-electron chi connectivity index (χ1n) is 6.59. The van der Waals surface area contributed by atoms with Crippen molar-refractivity contribution in [1.82, 2.24) is 0 Å². The van der Waals surface area contributed by atoms with E-state index in [9.17, 15) is 18.3 Å². The Morgan fingerprint density at radius 2 is 1.76 bits per heavy atom. The number of ether oxygens (including phenoxy) is 3. The molecule has 1 aliphatic rings. The molecule has 21 heavy (non-hydrogen) atoms. The van der Waals surface area contributed by atoms with Gasteiger partial charge in [-0.25, -0.2) is 0 Å². The molecule has 118 valence electrons. The number of hydrogen-bond acceptors (Lipinski definition) is 4. The zero-order chi connectivity index (χ0) is 15.3. The molecule has 0 unspecified atom stereocenters. The Morgan fingerprint density at radius 1 is 1.14 bits per heavy atom. The van der Waals surface area contributed by atoms with E-state index in [2.05, 4.69) is 4.74 Å². The minimum absolute atomic E-state index is 0.0685. The van der Waals surface area contributed by atoms with Crippen molar-refractivity contribution < 1.29 is 32.5 Å². The van der Waals surface area contributed by atoms with Crippen LogP contribution in [-0.2, 0) is 4.74 Å². The van der Waals surface area contributed by atoms with Crippen molar-refractivity contribution in [2.45, 2.75) is 24.6 Å². The maximum Gasteiger partial charge on any atom is 0.422 e. The van der Waals surface area contributed by atoms with Gasteiger partial charge in [-0.1, -0.05) is 6.07 Å². The summed E-state index contributed by atoms with van der Waals surface area (Å²) < 4.78 is 51.5. The Bertz CT molecular complexity index is 456. The molecule has 0 aromatic heterocycles. The van der Waals surface area contributed by atoms with Crippen LogP contribution in [0.15, 0.2) is 24.3 Å². The van der Waals surface area contributed by atoms with Gasteiger partial charge >= 0.3 is 6.18 Å². The standard InChI is InChI=1S/C14H17F3O4/c15-14(16,17)10-21-12-3-1-2-11(8-12)20-9-13(18)4-6-19-7-5-13/h1-3,8,18H,4-7,9-10H2. The quantitative estimate of drug-likeness (QED) is 0.908. The Hall–Kier alpha value is -1.47. The van der Waals surface area contributed by atoms with Gasteiger partial charge in [0.2, 0.25) is 0 Å². The molecule has 0 saturated carbocycles. The number of benzene rings is 1. The second kappa shape index (κ2) is 6.53. The van der Waals surface area contributed by atoms with E-state index in [0.29, 0.717) is 31.8 Å². The number of alkyl halides is 3. The maximum atomic E-state index is 12.1. The van der Waals surface area contributed by atoms with Crippen LogP contribution in [0.25, 0.3) is 0 Å². The number of hydrogen-bond donors (Lipinski definition) is 1. The van der Waals surface area contributed by atoms with Gasteiger partial charge in [-0.15, -0.1) is 0 Å². The van der Waals surface area contributed by atoms with Crippen LogP contribution >= 0.6 is 0 Å². The van der Waals surface area contributed by atoms with Crippen LogP contribution in [0.2, 0.25) is 0 Å². The molecule has 0 bridgehead atoms. The minimum atomic E-state index is -4.38. The maximum absolute atomic E-state index is 12.1. The SMILES string of the molecule is OC1(COc2cccc(OCC(F)(F)F)c2)CCOCC1. The fourth-order valence-electron chi connectivity index (χ4n) is 1.93. The van der Waals surface area contributed by atoms with E-state index >= 15 is 0 Å². The van der Waals surface area contributed by atoms with Crippen LogP contribution in [0.3, 0.4) is 0 Å². The fraction of sp³-hybridized carbons (Fsp3) is 0.571.